The molecule has 1 unspecified atom stereocenters. The highest BCUT2D eigenvalue weighted by atomic mass is 16.3. The highest BCUT2D eigenvalue weighted by molar-refractivity contribution is 4.93. The van der Waals surface area contributed by atoms with E-state index in [1.165, 1.54) is 19.3 Å². The highest BCUT2D eigenvalue weighted by Gasteiger charge is 1.87. The van der Waals surface area contributed by atoms with Crippen molar-refractivity contribution in [2.75, 3.05) is 0 Å². The molecule has 0 aliphatic heterocycles. The van der Waals surface area contributed by atoms with Gasteiger partial charge in [0.05, 0.1) is 6.10 Å². The van der Waals surface area contributed by atoms with Crippen LogP contribution in [0.4, 0.5) is 0 Å². The predicted octanol–water partition coefficient (Wildman–Crippen LogP) is 3.26. The van der Waals surface area contributed by atoms with Crippen LogP contribution in [0.2, 0.25) is 0 Å². The minimum atomic E-state index is -0.458. The second kappa shape index (κ2) is 9.53. The summed E-state index contributed by atoms with van der Waals surface area (Å²) in [6.45, 7) is 5.68. The molecule has 0 amide bonds. The van der Waals surface area contributed by atoms with Crippen molar-refractivity contribution in [1.82, 2.24) is 0 Å². The van der Waals surface area contributed by atoms with Crippen LogP contribution in [0.1, 0.15) is 39.0 Å². The van der Waals surface area contributed by atoms with E-state index in [4.69, 9.17) is 5.11 Å². The Morgan fingerprint density at radius 3 is 2.54 bits per heavy atom. The summed E-state index contributed by atoms with van der Waals surface area (Å²) in [5.41, 5.74) is 0. The Hall–Kier alpha value is -0.560. The van der Waals surface area contributed by atoms with Gasteiger partial charge in [0.1, 0.15) is 0 Å². The van der Waals surface area contributed by atoms with Crippen molar-refractivity contribution in [2.24, 2.45) is 0 Å². The van der Waals surface area contributed by atoms with Crippen molar-refractivity contribution in [3.05, 3.63) is 31.2 Å². The van der Waals surface area contributed by atoms with Crippen LogP contribution >= 0.6 is 0 Å². The zero-order chi connectivity index (χ0) is 9.94. The van der Waals surface area contributed by atoms with E-state index in [9.17, 15) is 0 Å². The molecule has 0 aliphatic carbocycles. The SMILES string of the molecule is [CH2]C(O)CC=CCC=CCCCC. The molecular formula is C12H21O. The molecule has 0 bridgehead atoms. The molecule has 0 aromatic heterocycles. The van der Waals surface area contributed by atoms with E-state index in [0.717, 1.165) is 6.42 Å². The lowest BCUT2D eigenvalue weighted by molar-refractivity contribution is 0.224. The topological polar surface area (TPSA) is 20.2 Å². The molecule has 0 aromatic rings. The number of aliphatic hydroxyl groups excluding tert-OH is 1. The van der Waals surface area contributed by atoms with Gasteiger partial charge in [0, 0.05) is 0 Å². The van der Waals surface area contributed by atoms with Crippen molar-refractivity contribution >= 4 is 0 Å². The normalized spacial score (nSPS) is 14.4. The first-order valence-electron chi connectivity index (χ1n) is 5.08. The molecule has 0 fully saturated rings. The van der Waals surface area contributed by atoms with Gasteiger partial charge in [0.15, 0.2) is 0 Å². The largest absolute Gasteiger partial charge is 0.393 e. The highest BCUT2D eigenvalue weighted by Crippen LogP contribution is 1.97. The van der Waals surface area contributed by atoms with Gasteiger partial charge in [0.25, 0.3) is 0 Å². The van der Waals surface area contributed by atoms with E-state index in [-0.39, 0.29) is 0 Å². The fourth-order valence-electron chi connectivity index (χ4n) is 0.964. The van der Waals surface area contributed by atoms with E-state index < -0.39 is 6.10 Å². The van der Waals surface area contributed by atoms with Crippen molar-refractivity contribution in [3.8, 4) is 0 Å². The summed E-state index contributed by atoms with van der Waals surface area (Å²) in [5.74, 6) is 0. The molecule has 13 heavy (non-hydrogen) atoms. The Labute approximate surface area is 82.2 Å². The average molecular weight is 181 g/mol. The quantitative estimate of drug-likeness (QED) is 0.472. The first-order valence-corrected chi connectivity index (χ1v) is 5.08. The van der Waals surface area contributed by atoms with Gasteiger partial charge in [-0.25, -0.2) is 0 Å². The summed E-state index contributed by atoms with van der Waals surface area (Å²) in [4.78, 5) is 0. The second-order valence-electron chi connectivity index (χ2n) is 3.21. The standard InChI is InChI=1S/C12H21O/c1-3-4-5-6-7-8-9-10-11-12(2)13/h6-7,9-10,12-13H,2-5,8,11H2,1H3. The number of allylic oxidation sites excluding steroid dienone is 3. The molecule has 0 heterocycles. The van der Waals surface area contributed by atoms with Crippen molar-refractivity contribution in [3.63, 3.8) is 0 Å². The summed E-state index contributed by atoms with van der Waals surface area (Å²) >= 11 is 0. The first-order chi connectivity index (χ1) is 6.27. The maximum Gasteiger partial charge on any atom is 0.0575 e. The van der Waals surface area contributed by atoms with Crippen molar-refractivity contribution in [1.29, 1.82) is 0 Å². The summed E-state index contributed by atoms with van der Waals surface area (Å²) in [6, 6.07) is 0. The summed E-state index contributed by atoms with van der Waals surface area (Å²) in [6.07, 6.45) is 13.3. The third-order valence-electron chi connectivity index (χ3n) is 1.74. The lowest BCUT2D eigenvalue weighted by atomic mass is 10.2. The lowest BCUT2D eigenvalue weighted by Gasteiger charge is -1.94. The van der Waals surface area contributed by atoms with Crippen molar-refractivity contribution in [2.45, 2.75) is 45.1 Å². The van der Waals surface area contributed by atoms with Gasteiger partial charge in [-0.2, -0.15) is 0 Å². The molecule has 0 aromatic carbocycles. The molecular weight excluding hydrogens is 160 g/mol. The third kappa shape index (κ3) is 11.4. The molecule has 0 aliphatic rings. The first kappa shape index (κ1) is 12.4. The smallest absolute Gasteiger partial charge is 0.0575 e. The minimum Gasteiger partial charge on any atom is -0.393 e. The molecule has 1 N–H and O–H groups in total. The minimum absolute atomic E-state index is 0.458. The van der Waals surface area contributed by atoms with Crippen LogP contribution in [-0.2, 0) is 0 Å². The molecule has 1 atom stereocenters. The number of rotatable bonds is 7. The maximum atomic E-state index is 8.84. The average Bonchev–Trinajstić information content (AvgIpc) is 2.09. The van der Waals surface area contributed by atoms with Gasteiger partial charge in [-0.05, 0) is 26.2 Å². The summed E-state index contributed by atoms with van der Waals surface area (Å²) < 4.78 is 0. The fraction of sp³-hybridized carbons (Fsp3) is 0.583. The molecule has 0 rings (SSSR count). The Balaban J connectivity index is 3.23. The molecule has 1 radical (unpaired) electrons. The number of hydrogen-bond acceptors (Lipinski definition) is 1. The number of aliphatic hydroxyl groups is 1. The van der Waals surface area contributed by atoms with Gasteiger partial charge in [0.2, 0.25) is 0 Å². The third-order valence-corrected chi connectivity index (χ3v) is 1.74. The maximum absolute atomic E-state index is 8.84. The zero-order valence-corrected chi connectivity index (χ0v) is 8.58. The molecule has 0 saturated carbocycles. The van der Waals surface area contributed by atoms with Gasteiger partial charge in [-0.15, -0.1) is 0 Å². The van der Waals surface area contributed by atoms with Gasteiger partial charge < -0.3 is 5.11 Å². The van der Waals surface area contributed by atoms with Gasteiger partial charge in [-0.3, -0.25) is 0 Å². The number of hydrogen-bond donors (Lipinski definition) is 1. The van der Waals surface area contributed by atoms with E-state index in [2.05, 4.69) is 32.1 Å². The van der Waals surface area contributed by atoms with E-state index in [0.29, 0.717) is 6.42 Å². The molecule has 0 spiro atoms. The Bertz CT molecular complexity index is 145. The summed E-state index contributed by atoms with van der Waals surface area (Å²) in [7, 11) is 0. The number of unbranched alkanes of at least 4 members (excludes halogenated alkanes) is 2. The lowest BCUT2D eigenvalue weighted by Crippen LogP contribution is -1.95. The van der Waals surface area contributed by atoms with Crippen LogP contribution in [0.5, 0.6) is 0 Å². The molecule has 1 nitrogen and oxygen atoms in total. The van der Waals surface area contributed by atoms with Crippen molar-refractivity contribution < 1.29 is 5.11 Å². The Morgan fingerprint density at radius 1 is 1.23 bits per heavy atom. The van der Waals surface area contributed by atoms with Gasteiger partial charge in [-0.1, -0.05) is 44.1 Å². The van der Waals surface area contributed by atoms with E-state index in [1.807, 2.05) is 6.08 Å². The van der Waals surface area contributed by atoms with Crippen LogP contribution in [0.25, 0.3) is 0 Å². The molecule has 1 heteroatoms. The second-order valence-corrected chi connectivity index (χ2v) is 3.21. The summed E-state index contributed by atoms with van der Waals surface area (Å²) in [5, 5.41) is 8.84. The monoisotopic (exact) mass is 181 g/mol. The van der Waals surface area contributed by atoms with Crippen LogP contribution in [-0.4, -0.2) is 11.2 Å². The van der Waals surface area contributed by atoms with Crippen LogP contribution in [0.3, 0.4) is 0 Å². The fourth-order valence-corrected chi connectivity index (χ4v) is 0.964. The van der Waals surface area contributed by atoms with Crippen LogP contribution in [0, 0.1) is 6.92 Å². The molecule has 75 valence electrons. The van der Waals surface area contributed by atoms with Gasteiger partial charge >= 0.3 is 0 Å². The zero-order valence-electron chi connectivity index (χ0n) is 8.58. The Kier molecular flexibility index (Phi) is 9.12. The van der Waals surface area contributed by atoms with Crippen LogP contribution in [0.15, 0.2) is 24.3 Å². The van der Waals surface area contributed by atoms with E-state index >= 15 is 0 Å². The van der Waals surface area contributed by atoms with Crippen LogP contribution < -0.4 is 0 Å². The molecule has 0 saturated heterocycles. The Morgan fingerprint density at radius 2 is 1.92 bits per heavy atom. The van der Waals surface area contributed by atoms with E-state index in [1.54, 1.807) is 0 Å². The predicted molar refractivity (Wildman–Crippen MR) is 58.4 cm³/mol.